The van der Waals surface area contributed by atoms with Gasteiger partial charge in [0.05, 0.1) is 17.0 Å². The molecule has 9 rings (SSSR count). The van der Waals surface area contributed by atoms with E-state index in [0.717, 1.165) is 27.9 Å². The van der Waals surface area contributed by atoms with Crippen LogP contribution in [0.3, 0.4) is 0 Å². The Morgan fingerprint density at radius 2 is 1.30 bits per heavy atom. The highest BCUT2D eigenvalue weighted by Gasteiger charge is 2.46. The van der Waals surface area contributed by atoms with E-state index in [-0.39, 0.29) is 0 Å². The molecule has 0 atom stereocenters. The Hall–Kier alpha value is -5.50. The van der Waals surface area contributed by atoms with Crippen LogP contribution in [0.25, 0.3) is 48.3 Å². The SMILES string of the molecule is N#Cc1ccc2c(c1)C(c1ccccc1)(c1ccccc1)c1cc(-c3ccc4sc5c(nc6ccccn65)c4c3)ccc1-2. The summed E-state index contributed by atoms with van der Waals surface area (Å²) < 4.78 is 3.41. The molecule has 4 heteroatoms. The number of rotatable bonds is 3. The van der Waals surface area contributed by atoms with Crippen LogP contribution in [-0.4, -0.2) is 9.38 Å². The molecule has 0 radical (unpaired) electrons. The second-order valence-electron chi connectivity index (χ2n) is 11.1. The van der Waals surface area contributed by atoms with Gasteiger partial charge in [-0.3, -0.25) is 4.40 Å². The summed E-state index contributed by atoms with van der Waals surface area (Å²) in [4.78, 5) is 6.16. The molecule has 43 heavy (non-hydrogen) atoms. The Bertz CT molecular complexity index is 2370. The highest BCUT2D eigenvalue weighted by molar-refractivity contribution is 7.25. The van der Waals surface area contributed by atoms with Crippen LogP contribution in [0.5, 0.6) is 0 Å². The standard InChI is InChI=1S/C39H23N3S/c40-24-25-14-17-30-31-18-15-27(26-16-19-35-32(22-26)37-38(43-35)42-20-8-7-13-36(42)41-37)23-34(31)39(33(30)21-25,28-9-3-1-4-10-28)29-11-5-2-6-12-29/h1-23H. The van der Waals surface area contributed by atoms with Crippen molar-refractivity contribution in [1.29, 1.82) is 5.26 Å². The normalized spacial score (nSPS) is 13.3. The van der Waals surface area contributed by atoms with E-state index in [2.05, 4.69) is 138 Å². The molecule has 0 aliphatic heterocycles. The summed E-state index contributed by atoms with van der Waals surface area (Å²) in [5.74, 6) is 0. The zero-order valence-corrected chi connectivity index (χ0v) is 23.8. The predicted octanol–water partition coefficient (Wildman–Crippen LogP) is 9.60. The predicted molar refractivity (Wildman–Crippen MR) is 176 cm³/mol. The number of hydrogen-bond donors (Lipinski definition) is 0. The average Bonchev–Trinajstić information content (AvgIpc) is 3.71. The van der Waals surface area contributed by atoms with E-state index in [1.54, 1.807) is 11.3 Å². The molecule has 0 bridgehead atoms. The number of hydrogen-bond acceptors (Lipinski definition) is 3. The maximum absolute atomic E-state index is 9.92. The highest BCUT2D eigenvalue weighted by atomic mass is 32.1. The minimum absolute atomic E-state index is 0.558. The van der Waals surface area contributed by atoms with Gasteiger partial charge in [0.15, 0.2) is 0 Å². The fourth-order valence-electron chi connectivity index (χ4n) is 7.07. The molecule has 3 nitrogen and oxygen atoms in total. The van der Waals surface area contributed by atoms with Crippen molar-refractivity contribution in [1.82, 2.24) is 9.38 Å². The number of fused-ring (bicyclic) bond motifs is 8. The lowest BCUT2D eigenvalue weighted by Gasteiger charge is -2.34. The van der Waals surface area contributed by atoms with Crippen molar-refractivity contribution in [3.8, 4) is 28.3 Å². The van der Waals surface area contributed by atoms with Gasteiger partial charge in [-0.2, -0.15) is 5.26 Å². The molecule has 5 aromatic carbocycles. The van der Waals surface area contributed by atoms with Gasteiger partial charge < -0.3 is 0 Å². The van der Waals surface area contributed by atoms with Crippen LogP contribution >= 0.6 is 11.3 Å². The van der Waals surface area contributed by atoms with Crippen LogP contribution in [0.1, 0.15) is 27.8 Å². The number of pyridine rings is 1. The van der Waals surface area contributed by atoms with E-state index in [1.165, 1.54) is 42.7 Å². The van der Waals surface area contributed by atoms with Crippen molar-refractivity contribution >= 4 is 37.4 Å². The monoisotopic (exact) mass is 565 g/mol. The highest BCUT2D eigenvalue weighted by Crippen LogP contribution is 2.57. The summed E-state index contributed by atoms with van der Waals surface area (Å²) in [5.41, 5.74) is 11.6. The van der Waals surface area contributed by atoms with Gasteiger partial charge in [0.1, 0.15) is 16.0 Å². The quantitative estimate of drug-likeness (QED) is 0.214. The first kappa shape index (κ1) is 24.1. The van der Waals surface area contributed by atoms with E-state index >= 15 is 0 Å². The second-order valence-corrected chi connectivity index (χ2v) is 12.2. The first-order chi connectivity index (χ1) is 21.3. The fourth-order valence-corrected chi connectivity index (χ4v) is 8.19. The van der Waals surface area contributed by atoms with E-state index in [0.29, 0.717) is 5.56 Å². The summed E-state index contributed by atoms with van der Waals surface area (Å²) in [6, 6.07) is 49.8. The number of imidazole rings is 1. The minimum atomic E-state index is -0.558. The molecule has 200 valence electrons. The number of nitrogens with zero attached hydrogens (tertiary/aromatic N) is 3. The lowest BCUT2D eigenvalue weighted by molar-refractivity contribution is 0.768. The Morgan fingerprint density at radius 1 is 0.651 bits per heavy atom. The average molecular weight is 566 g/mol. The van der Waals surface area contributed by atoms with Gasteiger partial charge in [0, 0.05) is 16.3 Å². The zero-order chi connectivity index (χ0) is 28.5. The van der Waals surface area contributed by atoms with E-state index in [4.69, 9.17) is 4.98 Å². The molecule has 0 N–H and O–H groups in total. The number of aromatic nitrogens is 2. The maximum Gasteiger partial charge on any atom is 0.138 e. The molecule has 0 amide bonds. The van der Waals surface area contributed by atoms with Crippen LogP contribution < -0.4 is 0 Å². The molecule has 1 aliphatic carbocycles. The van der Waals surface area contributed by atoms with Crippen molar-refractivity contribution < 1.29 is 0 Å². The van der Waals surface area contributed by atoms with Crippen molar-refractivity contribution in [2.24, 2.45) is 0 Å². The van der Waals surface area contributed by atoms with Crippen molar-refractivity contribution in [3.05, 3.63) is 167 Å². The Kier molecular flexibility index (Phi) is 5.05. The van der Waals surface area contributed by atoms with Crippen molar-refractivity contribution in [3.63, 3.8) is 0 Å². The Labute approximate surface area is 252 Å². The third-order valence-electron chi connectivity index (χ3n) is 8.94. The van der Waals surface area contributed by atoms with Gasteiger partial charge in [-0.15, -0.1) is 11.3 Å². The van der Waals surface area contributed by atoms with Gasteiger partial charge in [-0.05, 0) is 87.0 Å². The first-order valence-corrected chi connectivity index (χ1v) is 15.2. The van der Waals surface area contributed by atoms with E-state index in [1.807, 2.05) is 12.1 Å². The Balaban J connectivity index is 1.32. The lowest BCUT2D eigenvalue weighted by atomic mass is 9.67. The van der Waals surface area contributed by atoms with Gasteiger partial charge in [0.2, 0.25) is 0 Å². The lowest BCUT2D eigenvalue weighted by Crippen LogP contribution is -2.28. The van der Waals surface area contributed by atoms with Crippen LogP contribution in [0.2, 0.25) is 0 Å². The molecule has 0 saturated heterocycles. The maximum atomic E-state index is 9.92. The summed E-state index contributed by atoms with van der Waals surface area (Å²) >= 11 is 1.79. The van der Waals surface area contributed by atoms with Crippen molar-refractivity contribution in [2.75, 3.05) is 0 Å². The largest absolute Gasteiger partial charge is 0.291 e. The van der Waals surface area contributed by atoms with Crippen LogP contribution in [0.4, 0.5) is 0 Å². The van der Waals surface area contributed by atoms with E-state index < -0.39 is 5.41 Å². The summed E-state index contributed by atoms with van der Waals surface area (Å²) in [5, 5.41) is 11.1. The smallest absolute Gasteiger partial charge is 0.138 e. The van der Waals surface area contributed by atoms with Gasteiger partial charge >= 0.3 is 0 Å². The second kappa shape index (κ2) is 9.00. The summed E-state index contributed by atoms with van der Waals surface area (Å²) in [7, 11) is 0. The summed E-state index contributed by atoms with van der Waals surface area (Å²) in [6.07, 6.45) is 2.09. The molecule has 0 unspecified atom stereocenters. The first-order valence-electron chi connectivity index (χ1n) is 14.4. The molecular formula is C39H23N3S. The molecule has 3 aromatic heterocycles. The third kappa shape index (κ3) is 3.31. The Morgan fingerprint density at radius 3 is 2.05 bits per heavy atom. The van der Waals surface area contributed by atoms with Gasteiger partial charge in [-0.25, -0.2) is 4.98 Å². The van der Waals surface area contributed by atoms with Gasteiger partial charge in [0.25, 0.3) is 0 Å². The van der Waals surface area contributed by atoms with E-state index in [9.17, 15) is 5.26 Å². The molecule has 0 spiro atoms. The van der Waals surface area contributed by atoms with Crippen LogP contribution in [0, 0.1) is 11.3 Å². The number of nitriles is 1. The molecule has 1 aliphatic rings. The molecular weight excluding hydrogens is 543 g/mol. The molecule has 8 aromatic rings. The van der Waals surface area contributed by atoms with Crippen LogP contribution in [0.15, 0.2) is 140 Å². The molecule has 0 fully saturated rings. The van der Waals surface area contributed by atoms with Crippen molar-refractivity contribution in [2.45, 2.75) is 5.41 Å². The topological polar surface area (TPSA) is 41.1 Å². The third-order valence-corrected chi connectivity index (χ3v) is 10.1. The number of benzene rings is 5. The summed E-state index contributed by atoms with van der Waals surface area (Å²) in [6.45, 7) is 0. The molecule has 3 heterocycles. The fraction of sp³-hybridized carbons (Fsp3) is 0.0256. The molecule has 0 saturated carbocycles. The van der Waals surface area contributed by atoms with Crippen LogP contribution in [-0.2, 0) is 5.41 Å². The van der Waals surface area contributed by atoms with Gasteiger partial charge in [-0.1, -0.05) is 91.0 Å². The minimum Gasteiger partial charge on any atom is -0.291 e. The number of thiophene rings is 1. The zero-order valence-electron chi connectivity index (χ0n) is 23.0.